The van der Waals surface area contributed by atoms with Gasteiger partial charge in [-0.1, -0.05) is 76.1 Å². The fraction of sp³-hybridized carbons (Fsp3) is 0.480. The number of hydrogen-bond donors (Lipinski definition) is 1. The first-order chi connectivity index (χ1) is 15.8. The van der Waals surface area contributed by atoms with Crippen LogP contribution in [0.3, 0.4) is 0 Å². The maximum Gasteiger partial charge on any atom is 0.277 e. The van der Waals surface area contributed by atoms with E-state index in [4.69, 9.17) is 0 Å². The molecule has 0 aromatic heterocycles. The lowest BCUT2D eigenvalue weighted by atomic mass is 10.0. The molecule has 0 unspecified atom stereocenters. The first kappa shape index (κ1) is 26.0. The number of nitrogens with one attached hydrogen (secondary N) is 1. The number of carbonyl (C=O) groups is 1. The summed E-state index contributed by atoms with van der Waals surface area (Å²) in [4.78, 5) is 33.2. The van der Waals surface area contributed by atoms with Crippen LogP contribution in [0.25, 0.3) is 0 Å². The lowest BCUT2D eigenvalue weighted by molar-refractivity contribution is -0.394. The van der Waals surface area contributed by atoms with E-state index in [-0.39, 0.29) is 11.6 Å². The highest BCUT2D eigenvalue weighted by Crippen LogP contribution is 2.23. The van der Waals surface area contributed by atoms with Crippen LogP contribution in [0.4, 0.5) is 11.4 Å². The van der Waals surface area contributed by atoms with Gasteiger partial charge in [0.15, 0.2) is 0 Å². The summed E-state index contributed by atoms with van der Waals surface area (Å²) in [5, 5.41) is 24.8. The molecule has 2 aromatic carbocycles. The second-order valence-corrected chi connectivity index (χ2v) is 8.41. The number of rotatable bonds is 14. The molecule has 1 amide bonds. The maximum absolute atomic E-state index is 12.6. The van der Waals surface area contributed by atoms with Gasteiger partial charge in [0.1, 0.15) is 0 Å². The molecule has 33 heavy (non-hydrogen) atoms. The third-order valence-corrected chi connectivity index (χ3v) is 5.73. The zero-order chi connectivity index (χ0) is 24.2. The minimum Gasteiger partial charge on any atom is -0.346 e. The Morgan fingerprint density at radius 3 is 1.88 bits per heavy atom. The Hall–Kier alpha value is -3.29. The molecule has 0 radical (unpaired) electrons. The van der Waals surface area contributed by atoms with Crippen molar-refractivity contribution in [2.24, 2.45) is 0 Å². The van der Waals surface area contributed by atoms with E-state index in [2.05, 4.69) is 24.4 Å². The summed E-state index contributed by atoms with van der Waals surface area (Å²) in [6.45, 7) is 4.03. The quantitative estimate of drug-likeness (QED) is 0.194. The van der Waals surface area contributed by atoms with E-state index in [0.29, 0.717) is 0 Å². The molecule has 0 aliphatic heterocycles. The predicted octanol–water partition coefficient (Wildman–Crippen LogP) is 6.68. The molecule has 1 atom stereocenters. The average molecular weight is 456 g/mol. The van der Waals surface area contributed by atoms with Crippen LogP contribution < -0.4 is 5.32 Å². The molecule has 2 rings (SSSR count). The highest BCUT2D eigenvalue weighted by Gasteiger charge is 2.21. The second kappa shape index (κ2) is 13.3. The molecule has 0 aliphatic carbocycles. The Balaban J connectivity index is 1.88. The van der Waals surface area contributed by atoms with Gasteiger partial charge in [-0.25, -0.2) is 0 Å². The second-order valence-electron chi connectivity index (χ2n) is 8.41. The zero-order valence-electron chi connectivity index (χ0n) is 19.4. The van der Waals surface area contributed by atoms with E-state index in [1.807, 2.05) is 12.1 Å². The Morgan fingerprint density at radius 1 is 0.848 bits per heavy atom. The van der Waals surface area contributed by atoms with Crippen LogP contribution in [0, 0.1) is 20.2 Å². The monoisotopic (exact) mass is 455 g/mol. The normalized spacial score (nSPS) is 11.7. The van der Waals surface area contributed by atoms with Gasteiger partial charge in [0.2, 0.25) is 0 Å². The van der Waals surface area contributed by atoms with E-state index < -0.39 is 27.1 Å². The first-order valence-corrected chi connectivity index (χ1v) is 11.7. The summed E-state index contributed by atoms with van der Waals surface area (Å²) >= 11 is 0. The van der Waals surface area contributed by atoms with Crippen molar-refractivity contribution in [1.82, 2.24) is 5.32 Å². The van der Waals surface area contributed by atoms with Crippen molar-refractivity contribution in [3.05, 3.63) is 79.4 Å². The SMILES string of the molecule is CCCCCCCCCCc1ccc([C@@H](C)NC(=O)c2cc([N+](=O)[O-])cc([N+](=O)[O-])c2)cc1. The van der Waals surface area contributed by atoms with E-state index in [9.17, 15) is 25.0 Å². The summed E-state index contributed by atoms with van der Waals surface area (Å²) in [6.07, 6.45) is 11.3. The van der Waals surface area contributed by atoms with Crippen molar-refractivity contribution in [2.75, 3.05) is 0 Å². The number of unbranched alkanes of at least 4 members (excludes halogenated alkanes) is 7. The molecule has 0 heterocycles. The molecule has 8 heteroatoms. The van der Waals surface area contributed by atoms with Gasteiger partial charge in [-0.2, -0.15) is 0 Å². The number of benzene rings is 2. The van der Waals surface area contributed by atoms with Crippen LogP contribution in [0.1, 0.15) is 92.7 Å². The average Bonchev–Trinajstić information content (AvgIpc) is 2.80. The third-order valence-electron chi connectivity index (χ3n) is 5.73. The van der Waals surface area contributed by atoms with Gasteiger partial charge < -0.3 is 5.32 Å². The fourth-order valence-electron chi connectivity index (χ4n) is 3.74. The molecule has 0 bridgehead atoms. The molecule has 0 spiro atoms. The summed E-state index contributed by atoms with van der Waals surface area (Å²) in [5.74, 6) is -0.600. The summed E-state index contributed by atoms with van der Waals surface area (Å²) in [6, 6.07) is 10.6. The molecule has 0 fully saturated rings. The Morgan fingerprint density at radius 2 is 1.36 bits per heavy atom. The standard InChI is InChI=1S/C25H33N3O5/c1-3-4-5-6-7-8-9-10-11-20-12-14-21(15-13-20)19(2)26-25(29)22-16-23(27(30)31)18-24(17-22)28(32)33/h12-19H,3-11H2,1-2H3,(H,26,29)/t19-/m1/s1. The van der Waals surface area contributed by atoms with Crippen LogP contribution in [-0.2, 0) is 6.42 Å². The predicted molar refractivity (Wildman–Crippen MR) is 128 cm³/mol. The van der Waals surface area contributed by atoms with E-state index in [0.717, 1.165) is 36.6 Å². The van der Waals surface area contributed by atoms with Crippen molar-refractivity contribution >= 4 is 17.3 Å². The minimum atomic E-state index is -0.752. The van der Waals surface area contributed by atoms with Gasteiger partial charge >= 0.3 is 0 Å². The Labute approximate surface area is 194 Å². The van der Waals surface area contributed by atoms with Crippen molar-refractivity contribution in [3.63, 3.8) is 0 Å². The number of amides is 1. The fourth-order valence-corrected chi connectivity index (χ4v) is 3.74. The molecule has 0 saturated heterocycles. The topological polar surface area (TPSA) is 115 Å². The maximum atomic E-state index is 12.6. The van der Waals surface area contributed by atoms with Gasteiger partial charge in [-0.05, 0) is 30.9 Å². The molecular weight excluding hydrogens is 422 g/mol. The Kier molecular flexibility index (Phi) is 10.5. The minimum absolute atomic E-state index is 0.117. The molecule has 178 valence electrons. The van der Waals surface area contributed by atoms with Gasteiger partial charge in [0.25, 0.3) is 17.3 Å². The van der Waals surface area contributed by atoms with Crippen molar-refractivity contribution in [1.29, 1.82) is 0 Å². The summed E-state index contributed by atoms with van der Waals surface area (Å²) in [5.41, 5.74) is 1.04. The van der Waals surface area contributed by atoms with E-state index >= 15 is 0 Å². The van der Waals surface area contributed by atoms with Gasteiger partial charge in [-0.3, -0.25) is 25.0 Å². The van der Waals surface area contributed by atoms with Gasteiger partial charge in [0.05, 0.1) is 27.5 Å². The molecule has 2 aromatic rings. The van der Waals surface area contributed by atoms with Crippen LogP contribution in [0.15, 0.2) is 42.5 Å². The van der Waals surface area contributed by atoms with Crippen LogP contribution in [-0.4, -0.2) is 15.8 Å². The highest BCUT2D eigenvalue weighted by atomic mass is 16.6. The highest BCUT2D eigenvalue weighted by molar-refractivity contribution is 5.95. The first-order valence-electron chi connectivity index (χ1n) is 11.7. The summed E-state index contributed by atoms with van der Waals surface area (Å²) < 4.78 is 0. The van der Waals surface area contributed by atoms with Gasteiger partial charge in [-0.15, -0.1) is 0 Å². The van der Waals surface area contributed by atoms with E-state index in [1.54, 1.807) is 6.92 Å². The zero-order valence-corrected chi connectivity index (χ0v) is 19.4. The number of aryl methyl sites for hydroxylation is 1. The van der Waals surface area contributed by atoms with Crippen molar-refractivity contribution in [2.45, 2.75) is 77.7 Å². The number of hydrogen-bond acceptors (Lipinski definition) is 5. The smallest absolute Gasteiger partial charge is 0.277 e. The summed E-state index contributed by atoms with van der Waals surface area (Å²) in [7, 11) is 0. The number of nitro benzene ring substituents is 2. The van der Waals surface area contributed by atoms with Gasteiger partial charge in [0, 0.05) is 12.1 Å². The number of carbonyl (C=O) groups excluding carboxylic acids is 1. The lowest BCUT2D eigenvalue weighted by Crippen LogP contribution is -2.26. The Bertz CT molecular complexity index is 911. The van der Waals surface area contributed by atoms with Crippen molar-refractivity contribution < 1.29 is 14.6 Å². The largest absolute Gasteiger partial charge is 0.346 e. The molecular formula is C25H33N3O5. The van der Waals surface area contributed by atoms with E-state index in [1.165, 1.54) is 50.5 Å². The van der Waals surface area contributed by atoms with Crippen LogP contribution >= 0.6 is 0 Å². The third kappa shape index (κ3) is 8.63. The van der Waals surface area contributed by atoms with Crippen LogP contribution in [0.5, 0.6) is 0 Å². The molecule has 0 aliphatic rings. The lowest BCUT2D eigenvalue weighted by Gasteiger charge is -2.15. The number of nitrogens with zero attached hydrogens (tertiary/aromatic N) is 2. The van der Waals surface area contributed by atoms with Crippen LogP contribution in [0.2, 0.25) is 0 Å². The molecule has 8 nitrogen and oxygen atoms in total. The van der Waals surface area contributed by atoms with Crippen molar-refractivity contribution in [3.8, 4) is 0 Å². The number of nitro groups is 2. The molecule has 0 saturated carbocycles. The molecule has 1 N–H and O–H groups in total. The number of non-ortho nitro benzene ring substituents is 2.